The summed E-state index contributed by atoms with van der Waals surface area (Å²) in [5, 5.41) is 0. The molecule has 1 aliphatic heterocycles. The molecule has 0 N–H and O–H groups in total. The molecule has 8 rings (SSSR count). The first-order chi connectivity index (χ1) is 22.3. The van der Waals surface area contributed by atoms with E-state index in [9.17, 15) is 0 Å². The summed E-state index contributed by atoms with van der Waals surface area (Å²) in [5.41, 5.74) is 6.27. The number of rotatable bonds is 7. The molecule has 0 bridgehead atoms. The van der Waals surface area contributed by atoms with E-state index < -0.39 is 21.8 Å². The standard InChI is InChI=1S/C34H22N2O2.C4H3N2.Bi/c1-3-21-35-33(11-1)27-7-5-9-31(23-27)37-29-17-13-25(14-18-29)26-15-19-30(20-16-26)38-32-10-6-8-28(24-32)34-12-2-4-22-36-34;1-2-5-4-6-3-1;/h1-13,15,17-24H;1-3H;. The molecule has 7 aromatic rings. The van der Waals surface area contributed by atoms with Gasteiger partial charge in [-0.25, -0.2) is 0 Å². The molecule has 3 aromatic heterocycles. The molecule has 0 atom stereocenters. The number of pyridine rings is 2. The Hall–Kier alpha value is -5.26. The second-order valence-electron chi connectivity index (χ2n) is 10.4. The summed E-state index contributed by atoms with van der Waals surface area (Å²) in [4.78, 5) is 18.5. The molecule has 214 valence electrons. The van der Waals surface area contributed by atoms with Crippen LogP contribution in [0.2, 0.25) is 0 Å². The van der Waals surface area contributed by atoms with Crippen LogP contribution in [0.4, 0.5) is 0 Å². The molecule has 4 aromatic carbocycles. The Morgan fingerprint density at radius 3 is 1.38 bits per heavy atom. The van der Waals surface area contributed by atoms with Gasteiger partial charge in [-0.05, 0) is 0 Å². The van der Waals surface area contributed by atoms with Crippen LogP contribution in [-0.2, 0) is 0 Å². The van der Waals surface area contributed by atoms with Crippen molar-refractivity contribution in [3.8, 4) is 56.6 Å². The van der Waals surface area contributed by atoms with E-state index in [2.05, 4.69) is 34.2 Å². The Morgan fingerprint density at radius 2 is 0.889 bits per heavy atom. The van der Waals surface area contributed by atoms with Crippen molar-refractivity contribution in [1.82, 2.24) is 19.9 Å². The van der Waals surface area contributed by atoms with E-state index in [4.69, 9.17) is 19.4 Å². The van der Waals surface area contributed by atoms with Gasteiger partial charge in [-0.2, -0.15) is 0 Å². The zero-order valence-electron chi connectivity index (χ0n) is 24.0. The van der Waals surface area contributed by atoms with Crippen LogP contribution in [-0.4, -0.2) is 41.7 Å². The second kappa shape index (κ2) is 12.0. The monoisotopic (exact) mass is 778 g/mol. The van der Waals surface area contributed by atoms with E-state index in [-0.39, 0.29) is 0 Å². The zero-order valence-corrected chi connectivity index (χ0v) is 27.5. The second-order valence-corrected chi connectivity index (χ2v) is 18.3. The summed E-state index contributed by atoms with van der Waals surface area (Å²) in [5.74, 6) is 3.11. The van der Waals surface area contributed by atoms with Gasteiger partial charge < -0.3 is 0 Å². The van der Waals surface area contributed by atoms with Gasteiger partial charge in [0.2, 0.25) is 0 Å². The van der Waals surface area contributed by atoms with Crippen molar-refractivity contribution in [3.63, 3.8) is 0 Å². The van der Waals surface area contributed by atoms with E-state index in [0.717, 1.165) is 49.0 Å². The van der Waals surface area contributed by atoms with E-state index in [1.165, 1.54) is 17.7 Å². The number of ether oxygens (including phenoxy) is 2. The summed E-state index contributed by atoms with van der Waals surface area (Å²) in [7, 11) is 0. The maximum absolute atomic E-state index is 6.43. The van der Waals surface area contributed by atoms with Crippen molar-refractivity contribution in [2.45, 2.75) is 0 Å². The summed E-state index contributed by atoms with van der Waals surface area (Å²) >= 11 is -2.89. The number of hydrogen-bond acceptors (Lipinski definition) is 6. The van der Waals surface area contributed by atoms with Crippen molar-refractivity contribution in [1.29, 1.82) is 0 Å². The van der Waals surface area contributed by atoms with E-state index >= 15 is 0 Å². The van der Waals surface area contributed by atoms with E-state index in [1.54, 1.807) is 12.4 Å². The fourth-order valence-electron chi connectivity index (χ4n) is 5.50. The molecule has 0 aliphatic carbocycles. The summed E-state index contributed by atoms with van der Waals surface area (Å²) < 4.78 is 16.4. The molecule has 0 amide bonds. The third-order valence-electron chi connectivity index (χ3n) is 7.52. The first-order valence-corrected chi connectivity index (χ1v) is 19.7. The fourth-order valence-corrected chi connectivity index (χ4v) is 15.0. The predicted molar refractivity (Wildman–Crippen MR) is 178 cm³/mol. The molecular weight excluding hydrogens is 753 g/mol. The summed E-state index contributed by atoms with van der Waals surface area (Å²) in [6.07, 6.45) is 7.27. The van der Waals surface area contributed by atoms with Gasteiger partial charge in [0.1, 0.15) is 0 Å². The molecule has 4 heterocycles. The topological polar surface area (TPSA) is 70.0 Å². The average Bonchev–Trinajstić information content (AvgIpc) is 3.42. The molecule has 6 nitrogen and oxygen atoms in total. The Morgan fingerprint density at radius 1 is 0.400 bits per heavy atom. The molecular formula is C38H25BiN4O2. The molecule has 0 radical (unpaired) electrons. The quantitative estimate of drug-likeness (QED) is 0.168. The molecule has 0 fully saturated rings. The molecule has 0 saturated heterocycles. The number of fused-ring (bicyclic) bond motifs is 3. The number of nitrogens with zero attached hydrogens (tertiary/aromatic N) is 4. The van der Waals surface area contributed by atoms with Gasteiger partial charge in [0.25, 0.3) is 0 Å². The van der Waals surface area contributed by atoms with Crippen LogP contribution in [0.25, 0.3) is 33.6 Å². The van der Waals surface area contributed by atoms with Gasteiger partial charge in [0.05, 0.1) is 0 Å². The Labute approximate surface area is 268 Å². The van der Waals surface area contributed by atoms with Crippen molar-refractivity contribution in [2.24, 2.45) is 0 Å². The first kappa shape index (κ1) is 27.3. The SMILES string of the molecule is c1ccc(-c2cccc(Oc3ccc4[c](c3)[Bi]([c]3ncccn3)[c]3cc(Oc5cccc(-c6ccccn6)c5)ccc3-4)c2)nc1. The minimum absolute atomic E-state index is 0.763. The van der Waals surface area contributed by atoms with Crippen molar-refractivity contribution < 1.29 is 9.47 Å². The van der Waals surface area contributed by atoms with Gasteiger partial charge >= 0.3 is 270 Å². The van der Waals surface area contributed by atoms with Crippen LogP contribution in [0, 0.1) is 0 Å². The molecule has 1 aliphatic rings. The van der Waals surface area contributed by atoms with Gasteiger partial charge in [-0.1, -0.05) is 0 Å². The fraction of sp³-hybridized carbons (Fsp3) is 0. The van der Waals surface area contributed by atoms with Crippen LogP contribution in [0.5, 0.6) is 23.0 Å². The first-order valence-electron chi connectivity index (χ1n) is 14.5. The number of hydrogen-bond donors (Lipinski definition) is 0. The molecule has 7 heteroatoms. The van der Waals surface area contributed by atoms with E-state index in [0.29, 0.717) is 0 Å². The van der Waals surface area contributed by atoms with Crippen LogP contribution in [0.1, 0.15) is 0 Å². The van der Waals surface area contributed by atoms with Gasteiger partial charge in [0.15, 0.2) is 0 Å². The molecule has 0 saturated carbocycles. The maximum atomic E-state index is 6.43. The Balaban J connectivity index is 1.13. The number of benzene rings is 4. The molecule has 0 unspecified atom stereocenters. The van der Waals surface area contributed by atoms with Crippen LogP contribution in [0.15, 0.2) is 152 Å². The van der Waals surface area contributed by atoms with E-state index in [1.807, 2.05) is 116 Å². The van der Waals surface area contributed by atoms with Crippen molar-refractivity contribution in [3.05, 3.63) is 152 Å². The third kappa shape index (κ3) is 5.59. The summed E-state index contributed by atoms with van der Waals surface area (Å²) in [6.45, 7) is 0. The summed E-state index contributed by atoms with van der Waals surface area (Å²) in [6, 6.07) is 42.6. The Bertz CT molecular complexity index is 1990. The van der Waals surface area contributed by atoms with Crippen LogP contribution >= 0.6 is 0 Å². The third-order valence-corrected chi connectivity index (χ3v) is 16.6. The van der Waals surface area contributed by atoms with Crippen molar-refractivity contribution in [2.75, 3.05) is 0 Å². The van der Waals surface area contributed by atoms with Gasteiger partial charge in [0, 0.05) is 0 Å². The van der Waals surface area contributed by atoms with Gasteiger partial charge in [-0.3, -0.25) is 0 Å². The zero-order chi connectivity index (χ0) is 30.0. The Kier molecular flexibility index (Phi) is 7.30. The van der Waals surface area contributed by atoms with Crippen LogP contribution < -0.4 is 19.5 Å². The molecule has 0 spiro atoms. The molecule has 45 heavy (non-hydrogen) atoms. The minimum atomic E-state index is -2.89. The van der Waals surface area contributed by atoms with Gasteiger partial charge in [-0.15, -0.1) is 0 Å². The van der Waals surface area contributed by atoms with Crippen LogP contribution in [0.3, 0.4) is 0 Å². The average molecular weight is 779 g/mol. The van der Waals surface area contributed by atoms with Crippen molar-refractivity contribution >= 4 is 31.8 Å². The predicted octanol–water partition coefficient (Wildman–Crippen LogP) is 6.68. The number of aromatic nitrogens is 4. The normalized spacial score (nSPS) is 11.9.